The van der Waals surface area contributed by atoms with Crippen molar-refractivity contribution in [1.29, 1.82) is 0 Å². The first-order chi connectivity index (χ1) is 12.9. The van der Waals surface area contributed by atoms with Crippen LogP contribution in [0.5, 0.6) is 0 Å². The van der Waals surface area contributed by atoms with Gasteiger partial charge in [0.1, 0.15) is 0 Å². The maximum Gasteiger partial charge on any atom is 0.0544 e. The number of hydrogen-bond donors (Lipinski definition) is 3. The van der Waals surface area contributed by atoms with E-state index < -0.39 is 0 Å². The molecule has 8 unspecified atom stereocenters. The van der Waals surface area contributed by atoms with Gasteiger partial charge >= 0.3 is 0 Å². The summed E-state index contributed by atoms with van der Waals surface area (Å²) in [6.07, 6.45) is 15.2. The zero-order chi connectivity index (χ0) is 19.2. The van der Waals surface area contributed by atoms with Crippen molar-refractivity contribution in [2.24, 2.45) is 46.7 Å². The predicted molar refractivity (Wildman–Crippen MR) is 117 cm³/mol. The quantitative estimate of drug-likeness (QED) is 0.430. The van der Waals surface area contributed by atoms with Crippen LogP contribution in [-0.2, 0) is 0 Å². The molecule has 0 bridgehead atoms. The van der Waals surface area contributed by atoms with Crippen LogP contribution in [0.15, 0.2) is 0 Å². The number of fused-ring (bicyclic) bond motifs is 5. The van der Waals surface area contributed by atoms with Crippen LogP contribution in [0.3, 0.4) is 0 Å². The Kier molecular flexibility index (Phi) is 5.96. The van der Waals surface area contributed by atoms with E-state index in [1.165, 1.54) is 57.8 Å². The van der Waals surface area contributed by atoms with Gasteiger partial charge in [0.15, 0.2) is 0 Å². The molecule has 0 radical (unpaired) electrons. The molecule has 3 heteroatoms. The predicted octanol–water partition coefficient (Wildman–Crippen LogP) is 5.43. The second kappa shape index (κ2) is 7.84. The summed E-state index contributed by atoms with van der Waals surface area (Å²) in [4.78, 5) is 0. The van der Waals surface area contributed by atoms with Crippen molar-refractivity contribution in [2.45, 2.75) is 103 Å². The number of thiol groups is 1. The molecule has 0 aromatic rings. The molecular weight excluding hydrogens is 350 g/mol. The fourth-order valence-corrected chi connectivity index (χ4v) is 8.89. The van der Waals surface area contributed by atoms with Gasteiger partial charge < -0.3 is 10.8 Å². The number of aliphatic hydroxyl groups excluding tert-OH is 1. The minimum Gasteiger partial charge on any atom is -0.393 e. The zero-order valence-corrected chi connectivity index (χ0v) is 18.6. The van der Waals surface area contributed by atoms with Crippen molar-refractivity contribution >= 4 is 12.6 Å². The maximum absolute atomic E-state index is 10.2. The summed E-state index contributed by atoms with van der Waals surface area (Å²) < 4.78 is 0. The summed E-state index contributed by atoms with van der Waals surface area (Å²) in [6, 6.07) is 0. The van der Waals surface area contributed by atoms with Gasteiger partial charge in [-0.3, -0.25) is 0 Å². The lowest BCUT2D eigenvalue weighted by molar-refractivity contribution is -0.0950. The van der Waals surface area contributed by atoms with Gasteiger partial charge in [0.05, 0.1) is 6.10 Å². The minimum atomic E-state index is -0.0916. The van der Waals surface area contributed by atoms with E-state index in [4.69, 9.17) is 5.73 Å². The lowest BCUT2D eigenvalue weighted by atomic mass is 9.46. The second-order valence-electron chi connectivity index (χ2n) is 11.1. The molecule has 4 saturated carbocycles. The van der Waals surface area contributed by atoms with Crippen molar-refractivity contribution in [2.75, 3.05) is 5.75 Å². The van der Waals surface area contributed by atoms with Gasteiger partial charge in [-0.05, 0) is 111 Å². The molecule has 4 aliphatic rings. The van der Waals surface area contributed by atoms with E-state index in [9.17, 15) is 5.11 Å². The van der Waals surface area contributed by atoms with Gasteiger partial charge in [0, 0.05) is 5.54 Å². The Morgan fingerprint density at radius 1 is 1.04 bits per heavy atom. The summed E-state index contributed by atoms with van der Waals surface area (Å²) >= 11 is 4.40. The molecule has 2 nitrogen and oxygen atoms in total. The maximum atomic E-state index is 10.2. The van der Waals surface area contributed by atoms with Crippen molar-refractivity contribution < 1.29 is 5.11 Å². The van der Waals surface area contributed by atoms with Crippen LogP contribution in [0, 0.1) is 40.9 Å². The van der Waals surface area contributed by atoms with Gasteiger partial charge in [-0.1, -0.05) is 26.7 Å². The molecule has 4 fully saturated rings. The van der Waals surface area contributed by atoms with E-state index in [0.717, 1.165) is 54.6 Å². The first-order valence-electron chi connectivity index (χ1n) is 12.0. The Morgan fingerprint density at radius 3 is 2.63 bits per heavy atom. The fraction of sp³-hybridized carbons (Fsp3) is 1.00. The first-order valence-corrected chi connectivity index (χ1v) is 12.6. The molecule has 3 N–H and O–H groups in total. The molecule has 4 rings (SSSR count). The molecule has 0 aromatic heterocycles. The van der Waals surface area contributed by atoms with E-state index in [0.29, 0.717) is 11.3 Å². The van der Waals surface area contributed by atoms with Crippen LogP contribution in [-0.4, -0.2) is 22.5 Å². The van der Waals surface area contributed by atoms with Crippen molar-refractivity contribution in [3.05, 3.63) is 0 Å². The number of unbranched alkanes of at least 4 members (excludes halogenated alkanes) is 1. The number of nitrogens with two attached hydrogens (primary N) is 1. The average molecular weight is 394 g/mol. The largest absolute Gasteiger partial charge is 0.393 e. The first kappa shape index (κ1) is 20.5. The molecule has 0 spiro atoms. The highest BCUT2D eigenvalue weighted by atomic mass is 32.1. The third kappa shape index (κ3) is 3.42. The highest BCUT2D eigenvalue weighted by Crippen LogP contribution is 2.65. The molecule has 0 aliphatic heterocycles. The minimum absolute atomic E-state index is 0.0275. The summed E-state index contributed by atoms with van der Waals surface area (Å²) in [5.74, 6) is 5.88. The summed E-state index contributed by atoms with van der Waals surface area (Å²) in [5, 5.41) is 10.2. The smallest absolute Gasteiger partial charge is 0.0544 e. The molecule has 27 heavy (non-hydrogen) atoms. The standard InChI is InChI=1S/C24H43NOS/c1-16(5-3-4-14-27)20-8-9-21-19-7-6-17-15-18(26)10-13-24(17,25)22(19)11-12-23(20,21)2/h16-22,26-27H,3-15,25H2,1-2H3/t16?,17?,18?,19?,20?,21?,22?,23-,24?/m0/s1. The Balaban J connectivity index is 1.49. The zero-order valence-electron chi connectivity index (χ0n) is 17.7. The van der Waals surface area contributed by atoms with E-state index in [1.807, 2.05) is 0 Å². The lowest BCUT2D eigenvalue weighted by Crippen LogP contribution is -2.64. The molecule has 0 saturated heterocycles. The van der Waals surface area contributed by atoms with E-state index in [1.54, 1.807) is 0 Å². The molecule has 9 atom stereocenters. The van der Waals surface area contributed by atoms with Crippen LogP contribution in [0.2, 0.25) is 0 Å². The molecule has 0 aromatic carbocycles. The van der Waals surface area contributed by atoms with Gasteiger partial charge in [0.2, 0.25) is 0 Å². The van der Waals surface area contributed by atoms with Crippen molar-refractivity contribution in [3.8, 4) is 0 Å². The third-order valence-electron chi connectivity index (χ3n) is 10.0. The fourth-order valence-electron chi connectivity index (χ4n) is 8.67. The summed E-state index contributed by atoms with van der Waals surface area (Å²) in [7, 11) is 0. The van der Waals surface area contributed by atoms with Crippen LogP contribution < -0.4 is 5.73 Å². The van der Waals surface area contributed by atoms with Crippen molar-refractivity contribution in [3.63, 3.8) is 0 Å². The average Bonchev–Trinajstić information content (AvgIpc) is 3.00. The van der Waals surface area contributed by atoms with E-state index in [-0.39, 0.29) is 11.6 Å². The van der Waals surface area contributed by atoms with Crippen LogP contribution in [0.4, 0.5) is 0 Å². The molecule has 4 aliphatic carbocycles. The monoisotopic (exact) mass is 393 g/mol. The Bertz CT molecular complexity index is 527. The Labute approximate surface area is 172 Å². The third-order valence-corrected chi connectivity index (χ3v) is 10.3. The SMILES string of the molecule is CC(CCCCS)C1CCC2C3CCC4CC(O)CCC4(N)C3CC[C@@]12C. The van der Waals surface area contributed by atoms with E-state index in [2.05, 4.69) is 26.5 Å². The summed E-state index contributed by atoms with van der Waals surface area (Å²) in [6.45, 7) is 5.19. The van der Waals surface area contributed by atoms with E-state index >= 15 is 0 Å². The Hall–Kier alpha value is 0.270. The number of hydrogen-bond acceptors (Lipinski definition) is 3. The highest BCUT2D eigenvalue weighted by molar-refractivity contribution is 7.80. The Morgan fingerprint density at radius 2 is 1.85 bits per heavy atom. The normalized spacial score (nSPS) is 50.6. The van der Waals surface area contributed by atoms with Gasteiger partial charge in [-0.15, -0.1) is 0 Å². The van der Waals surface area contributed by atoms with Crippen LogP contribution >= 0.6 is 12.6 Å². The topological polar surface area (TPSA) is 46.2 Å². The van der Waals surface area contributed by atoms with Gasteiger partial charge in [-0.25, -0.2) is 0 Å². The highest BCUT2D eigenvalue weighted by Gasteiger charge is 2.60. The second-order valence-corrected chi connectivity index (χ2v) is 11.6. The molecule has 0 heterocycles. The van der Waals surface area contributed by atoms with Gasteiger partial charge in [-0.2, -0.15) is 12.6 Å². The molecule has 0 amide bonds. The number of rotatable bonds is 5. The van der Waals surface area contributed by atoms with Gasteiger partial charge in [0.25, 0.3) is 0 Å². The number of aliphatic hydroxyl groups is 1. The van der Waals surface area contributed by atoms with Crippen LogP contribution in [0.25, 0.3) is 0 Å². The van der Waals surface area contributed by atoms with Crippen LogP contribution in [0.1, 0.15) is 90.9 Å². The molecular formula is C24H43NOS. The summed E-state index contributed by atoms with van der Waals surface area (Å²) in [5.41, 5.74) is 7.75. The molecule has 156 valence electrons. The van der Waals surface area contributed by atoms with Crippen molar-refractivity contribution in [1.82, 2.24) is 0 Å². The lowest BCUT2D eigenvalue weighted by Gasteiger charge is -2.60.